The van der Waals surface area contributed by atoms with E-state index in [4.69, 9.17) is 0 Å². The molecule has 0 fully saturated rings. The highest BCUT2D eigenvalue weighted by Gasteiger charge is 2.14. The minimum Gasteiger partial charge on any atom is -0.326 e. The first-order valence-corrected chi connectivity index (χ1v) is 5.07. The van der Waals surface area contributed by atoms with E-state index < -0.39 is 0 Å². The first kappa shape index (κ1) is 9.25. The fourth-order valence-electron chi connectivity index (χ4n) is 1.95. The lowest BCUT2D eigenvalue weighted by Crippen LogP contribution is -2.09. The summed E-state index contributed by atoms with van der Waals surface area (Å²) in [5.41, 5.74) is 4.95. The summed E-state index contributed by atoms with van der Waals surface area (Å²) in [4.78, 5) is 11.3. The van der Waals surface area contributed by atoms with Crippen LogP contribution in [0.25, 0.3) is 0 Å². The van der Waals surface area contributed by atoms with Crippen molar-refractivity contribution in [1.29, 1.82) is 0 Å². The molecular formula is C12H15NO. The quantitative estimate of drug-likeness (QED) is 0.667. The van der Waals surface area contributed by atoms with Gasteiger partial charge in [-0.3, -0.25) is 4.79 Å². The highest BCUT2D eigenvalue weighted by Crippen LogP contribution is 2.26. The van der Waals surface area contributed by atoms with Crippen molar-refractivity contribution < 1.29 is 4.79 Å². The number of carbonyl (C=O) groups is 1. The number of anilines is 1. The summed E-state index contributed by atoms with van der Waals surface area (Å²) >= 11 is 0. The second kappa shape index (κ2) is 3.45. The van der Waals surface area contributed by atoms with Crippen molar-refractivity contribution in [2.45, 2.75) is 33.1 Å². The molecule has 1 amide bonds. The minimum absolute atomic E-state index is 0.145. The van der Waals surface area contributed by atoms with Crippen molar-refractivity contribution in [1.82, 2.24) is 0 Å². The summed E-state index contributed by atoms with van der Waals surface area (Å²) in [7, 11) is 0. The SMILES string of the molecule is Cc1ccc2c(c1C)CCCC(=O)N2. The maximum atomic E-state index is 11.3. The zero-order valence-corrected chi connectivity index (χ0v) is 8.68. The Morgan fingerprint density at radius 2 is 2.00 bits per heavy atom. The van der Waals surface area contributed by atoms with Crippen molar-refractivity contribution in [3.63, 3.8) is 0 Å². The Bertz CT molecular complexity index is 382. The average Bonchev–Trinajstić information content (AvgIpc) is 2.34. The average molecular weight is 189 g/mol. The van der Waals surface area contributed by atoms with Gasteiger partial charge in [0.05, 0.1) is 0 Å². The van der Waals surface area contributed by atoms with Crippen LogP contribution in [0, 0.1) is 13.8 Å². The lowest BCUT2D eigenvalue weighted by atomic mass is 9.98. The van der Waals surface area contributed by atoms with E-state index in [1.807, 2.05) is 6.07 Å². The zero-order chi connectivity index (χ0) is 10.1. The van der Waals surface area contributed by atoms with Crippen LogP contribution in [0.1, 0.15) is 29.5 Å². The summed E-state index contributed by atoms with van der Waals surface area (Å²) in [6, 6.07) is 4.08. The van der Waals surface area contributed by atoms with E-state index in [-0.39, 0.29) is 5.91 Å². The van der Waals surface area contributed by atoms with Crippen LogP contribution in [0.5, 0.6) is 0 Å². The molecule has 0 radical (unpaired) electrons. The van der Waals surface area contributed by atoms with Gasteiger partial charge in [0.2, 0.25) is 5.91 Å². The van der Waals surface area contributed by atoms with Crippen molar-refractivity contribution in [2.24, 2.45) is 0 Å². The van der Waals surface area contributed by atoms with Gasteiger partial charge in [-0.05, 0) is 49.4 Å². The molecule has 0 aliphatic carbocycles. The molecule has 14 heavy (non-hydrogen) atoms. The second-order valence-corrected chi connectivity index (χ2v) is 3.94. The molecule has 0 unspecified atom stereocenters. The molecule has 1 heterocycles. The molecule has 2 heteroatoms. The molecule has 0 saturated heterocycles. The predicted octanol–water partition coefficient (Wildman–Crippen LogP) is 2.58. The maximum absolute atomic E-state index is 11.3. The van der Waals surface area contributed by atoms with Crippen molar-refractivity contribution >= 4 is 11.6 Å². The number of carbonyl (C=O) groups excluding carboxylic acids is 1. The van der Waals surface area contributed by atoms with Gasteiger partial charge in [-0.25, -0.2) is 0 Å². The first-order chi connectivity index (χ1) is 6.68. The molecule has 2 nitrogen and oxygen atoms in total. The molecule has 1 aromatic rings. The van der Waals surface area contributed by atoms with Gasteiger partial charge in [0.15, 0.2) is 0 Å². The van der Waals surface area contributed by atoms with Crippen LogP contribution in [-0.4, -0.2) is 5.91 Å². The highest BCUT2D eigenvalue weighted by molar-refractivity contribution is 5.92. The van der Waals surface area contributed by atoms with E-state index in [2.05, 4.69) is 25.2 Å². The number of rotatable bonds is 0. The van der Waals surface area contributed by atoms with E-state index >= 15 is 0 Å². The number of hydrogen-bond donors (Lipinski definition) is 1. The summed E-state index contributed by atoms with van der Waals surface area (Å²) < 4.78 is 0. The van der Waals surface area contributed by atoms with Crippen LogP contribution in [0.2, 0.25) is 0 Å². The van der Waals surface area contributed by atoms with Crippen LogP contribution in [0.3, 0.4) is 0 Å². The lowest BCUT2D eigenvalue weighted by molar-refractivity contribution is -0.116. The monoisotopic (exact) mass is 189 g/mol. The third kappa shape index (κ3) is 1.52. The number of aryl methyl sites for hydroxylation is 1. The predicted molar refractivity (Wildman–Crippen MR) is 57.5 cm³/mol. The Labute approximate surface area is 84.3 Å². The topological polar surface area (TPSA) is 29.1 Å². The summed E-state index contributed by atoms with van der Waals surface area (Å²) in [6.45, 7) is 4.24. The largest absolute Gasteiger partial charge is 0.326 e. The molecule has 1 aliphatic heterocycles. The second-order valence-electron chi connectivity index (χ2n) is 3.94. The molecular weight excluding hydrogens is 174 g/mol. The summed E-state index contributed by atoms with van der Waals surface area (Å²) in [6.07, 6.45) is 2.62. The number of amides is 1. The van der Waals surface area contributed by atoms with Crippen molar-refractivity contribution in [3.8, 4) is 0 Å². The Morgan fingerprint density at radius 3 is 2.79 bits per heavy atom. The van der Waals surface area contributed by atoms with Gasteiger partial charge in [-0.2, -0.15) is 0 Å². The molecule has 0 atom stereocenters. The number of benzene rings is 1. The van der Waals surface area contributed by atoms with E-state index in [1.54, 1.807) is 0 Å². The fourth-order valence-corrected chi connectivity index (χ4v) is 1.95. The number of nitrogens with one attached hydrogen (secondary N) is 1. The van der Waals surface area contributed by atoms with Gasteiger partial charge in [0.1, 0.15) is 0 Å². The summed E-state index contributed by atoms with van der Waals surface area (Å²) in [5.74, 6) is 0.145. The smallest absolute Gasteiger partial charge is 0.224 e. The van der Waals surface area contributed by atoms with Crippen LogP contribution >= 0.6 is 0 Å². The maximum Gasteiger partial charge on any atom is 0.224 e. The molecule has 2 rings (SSSR count). The molecule has 1 N–H and O–H groups in total. The van der Waals surface area contributed by atoms with Crippen LogP contribution in [-0.2, 0) is 11.2 Å². The highest BCUT2D eigenvalue weighted by atomic mass is 16.1. The Balaban J connectivity index is 2.50. The van der Waals surface area contributed by atoms with Crippen LogP contribution in [0.15, 0.2) is 12.1 Å². The van der Waals surface area contributed by atoms with Gasteiger partial charge in [0.25, 0.3) is 0 Å². The van der Waals surface area contributed by atoms with E-state index in [0.717, 1.165) is 18.5 Å². The first-order valence-electron chi connectivity index (χ1n) is 5.07. The van der Waals surface area contributed by atoms with E-state index in [9.17, 15) is 4.79 Å². The molecule has 0 spiro atoms. The van der Waals surface area contributed by atoms with Crippen LogP contribution < -0.4 is 5.32 Å². The Morgan fingerprint density at radius 1 is 1.21 bits per heavy atom. The molecule has 0 bridgehead atoms. The number of fused-ring (bicyclic) bond motifs is 1. The minimum atomic E-state index is 0.145. The molecule has 1 aliphatic rings. The fraction of sp³-hybridized carbons (Fsp3) is 0.417. The third-order valence-electron chi connectivity index (χ3n) is 2.97. The van der Waals surface area contributed by atoms with Gasteiger partial charge in [-0.15, -0.1) is 0 Å². The lowest BCUT2D eigenvalue weighted by Gasteiger charge is -2.11. The van der Waals surface area contributed by atoms with E-state index in [1.165, 1.54) is 16.7 Å². The van der Waals surface area contributed by atoms with Crippen molar-refractivity contribution in [2.75, 3.05) is 5.32 Å². The normalized spacial score (nSPS) is 15.7. The molecule has 1 aromatic carbocycles. The number of hydrogen-bond acceptors (Lipinski definition) is 1. The van der Waals surface area contributed by atoms with Crippen LogP contribution in [0.4, 0.5) is 5.69 Å². The molecule has 74 valence electrons. The van der Waals surface area contributed by atoms with Crippen molar-refractivity contribution in [3.05, 3.63) is 28.8 Å². The zero-order valence-electron chi connectivity index (χ0n) is 8.68. The summed E-state index contributed by atoms with van der Waals surface area (Å²) in [5, 5.41) is 2.95. The van der Waals surface area contributed by atoms with E-state index in [0.29, 0.717) is 6.42 Å². The van der Waals surface area contributed by atoms with Gasteiger partial charge in [0, 0.05) is 12.1 Å². The standard InChI is InChI=1S/C12H15NO/c1-8-6-7-11-10(9(8)2)4-3-5-12(14)13-11/h6-7H,3-5H2,1-2H3,(H,13,14). The van der Waals surface area contributed by atoms with Gasteiger partial charge in [-0.1, -0.05) is 6.07 Å². The molecule has 0 aromatic heterocycles. The Hall–Kier alpha value is -1.31. The Kier molecular flexibility index (Phi) is 2.28. The third-order valence-corrected chi connectivity index (χ3v) is 2.97. The molecule has 0 saturated carbocycles. The van der Waals surface area contributed by atoms with Gasteiger partial charge >= 0.3 is 0 Å². The van der Waals surface area contributed by atoms with Gasteiger partial charge < -0.3 is 5.32 Å².